The maximum Gasteiger partial charge on any atom is 0.248 e. The molecule has 90 valence electrons. The normalized spacial score (nSPS) is 9.50. The first-order valence-electron chi connectivity index (χ1n) is 5.72. The van der Waals surface area contributed by atoms with Gasteiger partial charge in [-0.1, -0.05) is 39.0 Å². The van der Waals surface area contributed by atoms with Crippen LogP contribution in [-0.4, -0.2) is 30.4 Å². The molecular weight excluding hydrogens is 200 g/mol. The Bertz CT molecular complexity index is 276. The fourth-order valence-corrected chi connectivity index (χ4v) is 1.27. The number of amides is 1. The fourth-order valence-electron chi connectivity index (χ4n) is 1.27. The van der Waals surface area contributed by atoms with E-state index in [0.717, 1.165) is 0 Å². The number of hydrogen-bond acceptors (Lipinski definition) is 2. The minimum absolute atomic E-state index is 0.379. The van der Waals surface area contributed by atoms with Crippen LogP contribution >= 0.6 is 0 Å². The first-order chi connectivity index (χ1) is 7.65. The predicted molar refractivity (Wildman–Crippen MR) is 68.4 cm³/mol. The second-order valence-electron chi connectivity index (χ2n) is 3.35. The van der Waals surface area contributed by atoms with E-state index in [-0.39, 0.29) is 5.91 Å². The van der Waals surface area contributed by atoms with Gasteiger partial charge in [-0.2, -0.15) is 0 Å². The highest BCUT2D eigenvalue weighted by atomic mass is 16.1. The molecule has 0 radical (unpaired) electrons. The van der Waals surface area contributed by atoms with E-state index in [1.807, 2.05) is 6.07 Å². The number of primary amides is 1. The maximum absolute atomic E-state index is 10.4. The van der Waals surface area contributed by atoms with E-state index in [4.69, 9.17) is 5.73 Å². The molecule has 0 fully saturated rings. The standard InChI is InChI=1S/C7H7NO.C6H15N/c8-7(9)6-4-2-1-3-5-6;1-4-7(5-2)6-3/h1-5H,(H2,8,9);4-6H2,1-3H3. The number of carbonyl (C=O) groups is 1. The van der Waals surface area contributed by atoms with Crippen LogP contribution in [0.5, 0.6) is 0 Å². The molecule has 0 heterocycles. The molecule has 0 aliphatic carbocycles. The van der Waals surface area contributed by atoms with E-state index in [0.29, 0.717) is 5.56 Å². The molecule has 0 saturated heterocycles. The van der Waals surface area contributed by atoms with Crippen molar-refractivity contribution in [2.24, 2.45) is 5.73 Å². The molecule has 16 heavy (non-hydrogen) atoms. The average molecular weight is 222 g/mol. The van der Waals surface area contributed by atoms with Gasteiger partial charge in [0, 0.05) is 5.56 Å². The van der Waals surface area contributed by atoms with Crippen molar-refractivity contribution in [3.63, 3.8) is 0 Å². The zero-order chi connectivity index (χ0) is 12.4. The lowest BCUT2D eigenvalue weighted by atomic mass is 10.2. The minimum atomic E-state index is -0.379. The molecule has 3 nitrogen and oxygen atoms in total. The van der Waals surface area contributed by atoms with Crippen LogP contribution in [0.4, 0.5) is 0 Å². The minimum Gasteiger partial charge on any atom is -0.366 e. The van der Waals surface area contributed by atoms with E-state index in [2.05, 4.69) is 25.7 Å². The summed E-state index contributed by atoms with van der Waals surface area (Å²) in [5.74, 6) is -0.379. The van der Waals surface area contributed by atoms with E-state index in [9.17, 15) is 4.79 Å². The lowest BCUT2D eigenvalue weighted by molar-refractivity contribution is 0.100. The average Bonchev–Trinajstić information content (AvgIpc) is 2.33. The highest BCUT2D eigenvalue weighted by molar-refractivity contribution is 5.92. The number of hydrogen-bond donors (Lipinski definition) is 1. The Morgan fingerprint density at radius 3 is 1.69 bits per heavy atom. The van der Waals surface area contributed by atoms with Crippen molar-refractivity contribution >= 4 is 5.91 Å². The predicted octanol–water partition coefficient (Wildman–Crippen LogP) is 2.13. The van der Waals surface area contributed by atoms with Crippen LogP contribution in [0.15, 0.2) is 30.3 Å². The maximum atomic E-state index is 10.4. The van der Waals surface area contributed by atoms with Gasteiger partial charge in [0.1, 0.15) is 0 Å². The van der Waals surface area contributed by atoms with Crippen LogP contribution in [0.2, 0.25) is 0 Å². The molecule has 0 aliphatic rings. The highest BCUT2D eigenvalue weighted by Crippen LogP contribution is 1.94. The van der Waals surface area contributed by atoms with Crippen molar-refractivity contribution in [3.05, 3.63) is 35.9 Å². The molecule has 1 aromatic rings. The quantitative estimate of drug-likeness (QED) is 0.848. The Labute approximate surface area is 98.3 Å². The summed E-state index contributed by atoms with van der Waals surface area (Å²) in [4.78, 5) is 12.8. The number of carbonyl (C=O) groups excluding carboxylic acids is 1. The Morgan fingerprint density at radius 1 is 1.06 bits per heavy atom. The molecule has 0 aromatic heterocycles. The van der Waals surface area contributed by atoms with Gasteiger partial charge in [-0.15, -0.1) is 0 Å². The second kappa shape index (κ2) is 8.92. The van der Waals surface area contributed by atoms with Crippen LogP contribution in [-0.2, 0) is 0 Å². The van der Waals surface area contributed by atoms with Gasteiger partial charge in [0.2, 0.25) is 5.91 Å². The van der Waals surface area contributed by atoms with Crippen molar-refractivity contribution in [2.75, 3.05) is 19.6 Å². The van der Waals surface area contributed by atoms with Crippen molar-refractivity contribution < 1.29 is 4.79 Å². The van der Waals surface area contributed by atoms with Crippen LogP contribution in [0.25, 0.3) is 0 Å². The number of nitrogens with two attached hydrogens (primary N) is 1. The van der Waals surface area contributed by atoms with Gasteiger partial charge in [0.05, 0.1) is 0 Å². The molecule has 0 bridgehead atoms. The summed E-state index contributed by atoms with van der Waals surface area (Å²) in [6.45, 7) is 10.1. The molecule has 1 amide bonds. The summed E-state index contributed by atoms with van der Waals surface area (Å²) in [6.07, 6.45) is 0. The molecule has 3 heteroatoms. The third-order valence-corrected chi connectivity index (χ3v) is 2.40. The van der Waals surface area contributed by atoms with Crippen LogP contribution in [0.1, 0.15) is 31.1 Å². The van der Waals surface area contributed by atoms with Crippen LogP contribution < -0.4 is 5.73 Å². The monoisotopic (exact) mass is 222 g/mol. The Hall–Kier alpha value is -1.35. The molecule has 0 saturated carbocycles. The SMILES string of the molecule is CCN(CC)CC.NC(=O)c1ccccc1. The van der Waals surface area contributed by atoms with Gasteiger partial charge in [0.25, 0.3) is 0 Å². The Kier molecular flexibility index (Phi) is 8.17. The molecule has 0 aliphatic heterocycles. The third kappa shape index (κ3) is 6.19. The third-order valence-electron chi connectivity index (χ3n) is 2.40. The summed E-state index contributed by atoms with van der Waals surface area (Å²) in [5.41, 5.74) is 5.53. The number of rotatable bonds is 4. The first-order valence-corrected chi connectivity index (χ1v) is 5.72. The molecule has 0 atom stereocenters. The van der Waals surface area contributed by atoms with Crippen molar-refractivity contribution in [3.8, 4) is 0 Å². The van der Waals surface area contributed by atoms with E-state index in [1.54, 1.807) is 24.3 Å². The fraction of sp³-hybridized carbons (Fsp3) is 0.462. The summed E-state index contributed by atoms with van der Waals surface area (Å²) >= 11 is 0. The van der Waals surface area contributed by atoms with Gasteiger partial charge < -0.3 is 10.6 Å². The topological polar surface area (TPSA) is 46.3 Å². The van der Waals surface area contributed by atoms with Crippen LogP contribution in [0.3, 0.4) is 0 Å². The van der Waals surface area contributed by atoms with Gasteiger partial charge in [-0.3, -0.25) is 4.79 Å². The van der Waals surface area contributed by atoms with Crippen molar-refractivity contribution in [1.29, 1.82) is 0 Å². The van der Waals surface area contributed by atoms with E-state index < -0.39 is 0 Å². The van der Waals surface area contributed by atoms with Gasteiger partial charge in [0.15, 0.2) is 0 Å². The Morgan fingerprint density at radius 2 is 1.50 bits per heavy atom. The van der Waals surface area contributed by atoms with E-state index in [1.165, 1.54) is 19.6 Å². The largest absolute Gasteiger partial charge is 0.366 e. The molecular formula is C13H22N2O. The summed E-state index contributed by atoms with van der Waals surface area (Å²) < 4.78 is 0. The zero-order valence-corrected chi connectivity index (χ0v) is 10.4. The summed E-state index contributed by atoms with van der Waals surface area (Å²) in [5, 5.41) is 0. The van der Waals surface area contributed by atoms with Gasteiger partial charge in [-0.25, -0.2) is 0 Å². The number of nitrogens with zero attached hydrogens (tertiary/aromatic N) is 1. The van der Waals surface area contributed by atoms with Crippen molar-refractivity contribution in [2.45, 2.75) is 20.8 Å². The molecule has 2 N–H and O–H groups in total. The van der Waals surface area contributed by atoms with E-state index >= 15 is 0 Å². The molecule has 1 rings (SSSR count). The van der Waals surface area contributed by atoms with Crippen molar-refractivity contribution in [1.82, 2.24) is 4.90 Å². The number of benzene rings is 1. The summed E-state index contributed by atoms with van der Waals surface area (Å²) in [7, 11) is 0. The Balaban J connectivity index is 0.000000293. The molecule has 0 spiro atoms. The molecule has 0 unspecified atom stereocenters. The van der Waals surface area contributed by atoms with Gasteiger partial charge in [-0.05, 0) is 31.8 Å². The zero-order valence-electron chi connectivity index (χ0n) is 10.4. The smallest absolute Gasteiger partial charge is 0.248 e. The summed E-state index contributed by atoms with van der Waals surface area (Å²) in [6, 6.07) is 8.76. The lowest BCUT2D eigenvalue weighted by Crippen LogP contribution is -2.21. The first kappa shape index (κ1) is 14.6. The second-order valence-corrected chi connectivity index (χ2v) is 3.35. The highest BCUT2D eigenvalue weighted by Gasteiger charge is 1.93. The van der Waals surface area contributed by atoms with Crippen LogP contribution in [0, 0.1) is 0 Å². The van der Waals surface area contributed by atoms with Gasteiger partial charge >= 0.3 is 0 Å². The molecule has 1 aromatic carbocycles. The lowest BCUT2D eigenvalue weighted by Gasteiger charge is -2.13.